The normalized spacial score (nSPS) is 18.5. The van der Waals surface area contributed by atoms with Gasteiger partial charge in [-0.05, 0) is 24.6 Å². The van der Waals surface area contributed by atoms with E-state index in [1.165, 1.54) is 31.0 Å². The number of carbonyl (C=O) groups excluding carboxylic acids is 5. The summed E-state index contributed by atoms with van der Waals surface area (Å²) >= 11 is 1.21. The first-order valence-corrected chi connectivity index (χ1v) is 15.2. The standard InChI is InChI=1S/C26H31N3O12S2/c1-14(2)25(33)39-13-40-26(34)21-16(10-37-4)12-42-24-20(23(32)29(21)24)27-22(31)19(28-38-5)18(30)11-41-43(35,36)17-8-6-15(3)7-9-17/h6-9,14,20,24H,10-13H2,1-5H3,(H,27,31)/t20?,24-/m1/s1. The van der Waals surface area contributed by atoms with Crippen LogP contribution in [0.2, 0.25) is 0 Å². The van der Waals surface area contributed by atoms with E-state index in [0.29, 0.717) is 5.57 Å². The summed E-state index contributed by atoms with van der Waals surface area (Å²) in [5.74, 6) is -4.69. The Hall–Kier alpha value is -3.80. The Morgan fingerprint density at radius 1 is 1.12 bits per heavy atom. The summed E-state index contributed by atoms with van der Waals surface area (Å²) in [5.41, 5.74) is 0.294. The second-order valence-electron chi connectivity index (χ2n) is 9.49. The van der Waals surface area contributed by atoms with Crippen LogP contribution in [0.5, 0.6) is 0 Å². The average molecular weight is 642 g/mol. The molecule has 2 aliphatic rings. The number of amides is 2. The van der Waals surface area contributed by atoms with Gasteiger partial charge in [0.15, 0.2) is 0 Å². The molecule has 2 heterocycles. The lowest BCUT2D eigenvalue weighted by Gasteiger charge is -2.49. The van der Waals surface area contributed by atoms with Gasteiger partial charge in [-0.2, -0.15) is 8.42 Å². The Labute approximate surface area is 252 Å². The molecular formula is C26H31N3O12S2. The van der Waals surface area contributed by atoms with Crippen LogP contribution in [0.1, 0.15) is 19.4 Å². The van der Waals surface area contributed by atoms with E-state index in [2.05, 4.69) is 15.3 Å². The third-order valence-corrected chi connectivity index (χ3v) is 8.64. The van der Waals surface area contributed by atoms with Crippen LogP contribution < -0.4 is 5.32 Å². The molecule has 1 N–H and O–H groups in total. The Balaban J connectivity index is 1.68. The number of β-lactam (4-membered cyclic amide) rings is 1. The number of fused-ring (bicyclic) bond motifs is 1. The monoisotopic (exact) mass is 641 g/mol. The maximum atomic E-state index is 13.1. The zero-order valence-corrected chi connectivity index (χ0v) is 25.6. The Morgan fingerprint density at radius 3 is 2.40 bits per heavy atom. The molecule has 43 heavy (non-hydrogen) atoms. The largest absolute Gasteiger partial charge is 0.428 e. The second kappa shape index (κ2) is 14.6. The number of methoxy groups -OCH3 is 1. The van der Waals surface area contributed by atoms with Crippen molar-refractivity contribution in [3.05, 3.63) is 41.1 Å². The number of ketones is 1. The van der Waals surface area contributed by atoms with Crippen molar-refractivity contribution in [2.24, 2.45) is 11.1 Å². The highest BCUT2D eigenvalue weighted by atomic mass is 32.2. The van der Waals surface area contributed by atoms with Gasteiger partial charge in [-0.25, -0.2) is 4.79 Å². The summed E-state index contributed by atoms with van der Waals surface area (Å²) < 4.78 is 44.8. The van der Waals surface area contributed by atoms with Crippen molar-refractivity contribution in [3.8, 4) is 0 Å². The molecule has 0 radical (unpaired) electrons. The fourth-order valence-corrected chi connectivity index (χ4v) is 6.02. The number of Topliss-reactive ketones (excluding diaryl/α,β-unsaturated/α-hetero) is 1. The smallest absolute Gasteiger partial charge is 0.358 e. The third-order valence-electron chi connectivity index (χ3n) is 6.02. The molecule has 0 aromatic heterocycles. The number of thioether (sulfide) groups is 1. The van der Waals surface area contributed by atoms with E-state index in [1.807, 2.05) is 0 Å². The van der Waals surface area contributed by atoms with Crippen molar-refractivity contribution in [2.45, 2.75) is 37.1 Å². The van der Waals surface area contributed by atoms with Gasteiger partial charge in [0.05, 0.1) is 17.4 Å². The number of carbonyl (C=O) groups is 5. The molecule has 0 spiro atoms. The SMILES string of the molecule is COCC1=C(C(=O)OCOC(=O)C(C)C)N2C(=O)C(NC(=O)C(=NOC)C(=O)COS(=O)(=O)c3ccc(C)cc3)[C@H]2SC1. The quantitative estimate of drug-likeness (QED) is 0.0554. The highest BCUT2D eigenvalue weighted by molar-refractivity contribution is 8.00. The first-order chi connectivity index (χ1) is 20.3. The molecule has 0 saturated carbocycles. The van der Waals surface area contributed by atoms with Crippen LogP contribution in [-0.4, -0.2) is 100.0 Å². The van der Waals surface area contributed by atoms with Crippen molar-refractivity contribution in [3.63, 3.8) is 0 Å². The molecule has 1 aromatic rings. The van der Waals surface area contributed by atoms with Crippen LogP contribution in [0.3, 0.4) is 0 Å². The Kier molecular flexibility index (Phi) is 11.4. The summed E-state index contributed by atoms with van der Waals surface area (Å²) in [4.78, 5) is 68.9. The van der Waals surface area contributed by atoms with Crippen molar-refractivity contribution in [1.82, 2.24) is 10.2 Å². The van der Waals surface area contributed by atoms with E-state index in [1.54, 1.807) is 32.9 Å². The van der Waals surface area contributed by atoms with Crippen LogP contribution in [0.4, 0.5) is 0 Å². The first kappa shape index (κ1) is 33.7. The van der Waals surface area contributed by atoms with Crippen molar-refractivity contribution < 1.29 is 55.6 Å². The number of oxime groups is 1. The van der Waals surface area contributed by atoms with Gasteiger partial charge in [-0.15, -0.1) is 11.8 Å². The molecular weight excluding hydrogens is 610 g/mol. The van der Waals surface area contributed by atoms with E-state index in [-0.39, 0.29) is 23.0 Å². The summed E-state index contributed by atoms with van der Waals surface area (Å²) in [7, 11) is -1.86. The van der Waals surface area contributed by atoms with Gasteiger partial charge in [0.2, 0.25) is 18.3 Å². The van der Waals surface area contributed by atoms with Crippen LogP contribution in [0.25, 0.3) is 0 Å². The topological polar surface area (TPSA) is 193 Å². The van der Waals surface area contributed by atoms with Gasteiger partial charge in [0.25, 0.3) is 21.9 Å². The Bertz CT molecular complexity index is 1440. The number of hydrogen-bond donors (Lipinski definition) is 1. The molecule has 0 aliphatic carbocycles. The molecule has 2 amide bonds. The number of rotatable bonds is 14. The van der Waals surface area contributed by atoms with Crippen LogP contribution in [-0.2, 0) is 57.3 Å². The predicted molar refractivity (Wildman–Crippen MR) is 150 cm³/mol. The number of nitrogens with zero attached hydrogens (tertiary/aromatic N) is 2. The molecule has 234 valence electrons. The fraction of sp³-hybridized carbons (Fsp3) is 0.462. The van der Waals surface area contributed by atoms with Gasteiger partial charge in [-0.3, -0.25) is 28.3 Å². The zero-order valence-electron chi connectivity index (χ0n) is 24.0. The lowest BCUT2D eigenvalue weighted by Crippen LogP contribution is -2.71. The fourth-order valence-electron chi connectivity index (χ4n) is 3.83. The summed E-state index contributed by atoms with van der Waals surface area (Å²) in [6.45, 7) is 3.25. The highest BCUT2D eigenvalue weighted by Gasteiger charge is 2.55. The van der Waals surface area contributed by atoms with E-state index in [0.717, 1.165) is 17.6 Å². The average Bonchev–Trinajstić information content (AvgIpc) is 2.97. The number of benzene rings is 1. The summed E-state index contributed by atoms with van der Waals surface area (Å²) in [6.07, 6.45) is 0. The number of esters is 2. The Morgan fingerprint density at radius 2 is 1.79 bits per heavy atom. The lowest BCUT2D eigenvalue weighted by atomic mass is 10.0. The second-order valence-corrected chi connectivity index (χ2v) is 12.2. The minimum Gasteiger partial charge on any atom is -0.428 e. The van der Waals surface area contributed by atoms with Crippen molar-refractivity contribution >= 4 is 57.1 Å². The van der Waals surface area contributed by atoms with Gasteiger partial charge < -0.3 is 24.4 Å². The highest BCUT2D eigenvalue weighted by Crippen LogP contribution is 2.40. The molecule has 0 bridgehead atoms. The van der Waals surface area contributed by atoms with Gasteiger partial charge in [-0.1, -0.05) is 36.7 Å². The summed E-state index contributed by atoms with van der Waals surface area (Å²) in [6, 6.07) is 4.51. The molecule has 1 saturated heterocycles. The van der Waals surface area contributed by atoms with Crippen LogP contribution in [0, 0.1) is 12.8 Å². The molecule has 2 aliphatic heterocycles. The predicted octanol–water partition coefficient (Wildman–Crippen LogP) is 0.272. The molecule has 2 atom stereocenters. The van der Waals surface area contributed by atoms with E-state index in [4.69, 9.17) is 18.4 Å². The van der Waals surface area contributed by atoms with Crippen LogP contribution >= 0.6 is 11.8 Å². The van der Waals surface area contributed by atoms with Gasteiger partial charge in [0, 0.05) is 12.9 Å². The van der Waals surface area contributed by atoms with Gasteiger partial charge in [0.1, 0.15) is 30.8 Å². The van der Waals surface area contributed by atoms with E-state index >= 15 is 0 Å². The number of nitrogens with one attached hydrogen (secondary N) is 1. The maximum absolute atomic E-state index is 13.1. The lowest BCUT2D eigenvalue weighted by molar-refractivity contribution is -0.170. The molecule has 1 aromatic carbocycles. The van der Waals surface area contributed by atoms with Crippen molar-refractivity contribution in [2.75, 3.05) is 40.0 Å². The van der Waals surface area contributed by atoms with Crippen LogP contribution in [0.15, 0.2) is 45.6 Å². The number of hydrogen-bond acceptors (Lipinski definition) is 14. The van der Waals surface area contributed by atoms with Gasteiger partial charge >= 0.3 is 11.9 Å². The molecule has 1 fully saturated rings. The maximum Gasteiger partial charge on any atom is 0.358 e. The molecule has 1 unspecified atom stereocenters. The minimum atomic E-state index is -4.33. The minimum absolute atomic E-state index is 0.00137. The third kappa shape index (κ3) is 7.98. The molecule has 17 heteroatoms. The molecule has 3 rings (SSSR count). The number of ether oxygens (including phenoxy) is 3. The van der Waals surface area contributed by atoms with E-state index in [9.17, 15) is 32.4 Å². The summed E-state index contributed by atoms with van der Waals surface area (Å²) in [5, 5.41) is 5.01. The zero-order chi connectivity index (χ0) is 31.9. The first-order valence-electron chi connectivity index (χ1n) is 12.7. The molecule has 15 nitrogen and oxygen atoms in total. The number of aryl methyl sites for hydroxylation is 1. The van der Waals surface area contributed by atoms with Crippen molar-refractivity contribution in [1.29, 1.82) is 0 Å². The van der Waals surface area contributed by atoms with E-state index < -0.39 is 76.1 Å².